The topological polar surface area (TPSA) is 32.3 Å². The second-order valence-electron chi connectivity index (χ2n) is 5.77. The monoisotopic (exact) mass is 231 g/mol. The highest BCUT2D eigenvalue weighted by molar-refractivity contribution is 5.49. The van der Waals surface area contributed by atoms with Crippen molar-refractivity contribution in [3.8, 4) is 0 Å². The first-order valence-corrected chi connectivity index (χ1v) is 6.72. The maximum atomic E-state index is 11.0. The molecule has 1 saturated carbocycles. The standard InChI is InChI=1S/C15H21NO/c1-10(2)16-14-9-5-8-13-11-6-3-4-7-12(11)15(13,14)17/h3-4,6-7,10,13-14,16-17H,5,8-9H2,1-2H3/t13-,14+,15+/m0/s1. The molecule has 0 aliphatic heterocycles. The molecule has 0 saturated heterocycles. The first kappa shape index (κ1) is 11.2. The minimum atomic E-state index is -0.612. The second kappa shape index (κ2) is 3.82. The lowest BCUT2D eigenvalue weighted by Gasteiger charge is -2.55. The van der Waals surface area contributed by atoms with Crippen LogP contribution in [-0.4, -0.2) is 17.2 Å². The van der Waals surface area contributed by atoms with E-state index in [9.17, 15) is 5.11 Å². The number of rotatable bonds is 2. The van der Waals surface area contributed by atoms with Gasteiger partial charge >= 0.3 is 0 Å². The number of hydrogen-bond donors (Lipinski definition) is 2. The number of hydrogen-bond acceptors (Lipinski definition) is 2. The molecule has 0 unspecified atom stereocenters. The van der Waals surface area contributed by atoms with E-state index in [0.717, 1.165) is 18.4 Å². The fourth-order valence-corrected chi connectivity index (χ4v) is 3.68. The van der Waals surface area contributed by atoms with Gasteiger partial charge in [-0.3, -0.25) is 0 Å². The fourth-order valence-electron chi connectivity index (χ4n) is 3.68. The fraction of sp³-hybridized carbons (Fsp3) is 0.600. The van der Waals surface area contributed by atoms with E-state index in [-0.39, 0.29) is 6.04 Å². The van der Waals surface area contributed by atoms with Gasteiger partial charge in [-0.05, 0) is 24.0 Å². The van der Waals surface area contributed by atoms with Crippen molar-refractivity contribution in [1.29, 1.82) is 0 Å². The molecule has 2 heteroatoms. The molecule has 2 aliphatic carbocycles. The quantitative estimate of drug-likeness (QED) is 0.819. The highest BCUT2D eigenvalue weighted by Gasteiger charge is 2.56. The zero-order valence-corrected chi connectivity index (χ0v) is 10.6. The molecule has 1 aromatic rings. The molecule has 92 valence electrons. The van der Waals surface area contributed by atoms with Gasteiger partial charge in [-0.15, -0.1) is 0 Å². The Balaban J connectivity index is 1.96. The average Bonchev–Trinajstić information content (AvgIpc) is 2.30. The highest BCUT2D eigenvalue weighted by atomic mass is 16.3. The van der Waals surface area contributed by atoms with Crippen molar-refractivity contribution >= 4 is 0 Å². The Morgan fingerprint density at radius 3 is 2.82 bits per heavy atom. The number of benzene rings is 1. The molecule has 1 fully saturated rings. The van der Waals surface area contributed by atoms with Crippen molar-refractivity contribution in [2.75, 3.05) is 0 Å². The maximum Gasteiger partial charge on any atom is 0.112 e. The Labute approximate surface area is 103 Å². The van der Waals surface area contributed by atoms with Gasteiger partial charge in [0.05, 0.1) is 0 Å². The first-order chi connectivity index (χ1) is 8.14. The van der Waals surface area contributed by atoms with Crippen LogP contribution >= 0.6 is 0 Å². The molecule has 2 aliphatic rings. The molecular formula is C15H21NO. The molecule has 3 atom stereocenters. The molecule has 2 N–H and O–H groups in total. The van der Waals surface area contributed by atoms with Crippen molar-refractivity contribution in [2.24, 2.45) is 0 Å². The summed E-state index contributed by atoms with van der Waals surface area (Å²) in [5.41, 5.74) is 1.91. The van der Waals surface area contributed by atoms with Gasteiger partial charge in [-0.1, -0.05) is 44.5 Å². The van der Waals surface area contributed by atoms with Gasteiger partial charge in [0.25, 0.3) is 0 Å². The summed E-state index contributed by atoms with van der Waals surface area (Å²) in [4.78, 5) is 0. The van der Waals surface area contributed by atoms with Crippen molar-refractivity contribution in [3.63, 3.8) is 0 Å². The van der Waals surface area contributed by atoms with Crippen molar-refractivity contribution in [2.45, 2.75) is 56.7 Å². The Hall–Kier alpha value is -0.860. The average molecular weight is 231 g/mol. The van der Waals surface area contributed by atoms with E-state index in [1.54, 1.807) is 0 Å². The van der Waals surface area contributed by atoms with Crippen LogP contribution < -0.4 is 5.32 Å². The Bertz CT molecular complexity index is 429. The van der Waals surface area contributed by atoms with E-state index in [0.29, 0.717) is 12.0 Å². The van der Waals surface area contributed by atoms with Crippen molar-refractivity contribution in [3.05, 3.63) is 35.4 Å². The van der Waals surface area contributed by atoms with Crippen LogP contribution in [-0.2, 0) is 5.60 Å². The molecule has 0 heterocycles. The minimum Gasteiger partial charge on any atom is -0.383 e. The van der Waals surface area contributed by atoms with E-state index < -0.39 is 5.60 Å². The van der Waals surface area contributed by atoms with E-state index in [2.05, 4.69) is 37.4 Å². The molecule has 0 aromatic heterocycles. The van der Waals surface area contributed by atoms with Crippen molar-refractivity contribution in [1.82, 2.24) is 5.32 Å². The zero-order chi connectivity index (χ0) is 12.0. The summed E-state index contributed by atoms with van der Waals surface area (Å²) in [7, 11) is 0. The summed E-state index contributed by atoms with van der Waals surface area (Å²) in [5.74, 6) is 0.351. The third-order valence-corrected chi connectivity index (χ3v) is 4.35. The third kappa shape index (κ3) is 1.47. The van der Waals surface area contributed by atoms with Gasteiger partial charge in [0.1, 0.15) is 5.60 Å². The first-order valence-electron chi connectivity index (χ1n) is 6.72. The maximum absolute atomic E-state index is 11.0. The van der Waals surface area contributed by atoms with Gasteiger partial charge in [0.2, 0.25) is 0 Å². The van der Waals surface area contributed by atoms with Gasteiger partial charge in [0.15, 0.2) is 0 Å². The summed E-state index contributed by atoms with van der Waals surface area (Å²) in [6, 6.07) is 9.02. The Morgan fingerprint density at radius 1 is 1.29 bits per heavy atom. The molecule has 2 nitrogen and oxygen atoms in total. The molecule has 0 spiro atoms. The van der Waals surface area contributed by atoms with E-state index in [1.807, 2.05) is 6.07 Å². The third-order valence-electron chi connectivity index (χ3n) is 4.35. The van der Waals surface area contributed by atoms with Crippen LogP contribution in [0.25, 0.3) is 0 Å². The Kier molecular flexibility index (Phi) is 2.53. The predicted octanol–water partition coefficient (Wildman–Crippen LogP) is 2.52. The van der Waals surface area contributed by atoms with Gasteiger partial charge < -0.3 is 10.4 Å². The highest BCUT2D eigenvalue weighted by Crippen LogP contribution is 2.57. The zero-order valence-electron chi connectivity index (χ0n) is 10.6. The summed E-state index contributed by atoms with van der Waals surface area (Å²) in [5, 5.41) is 14.6. The summed E-state index contributed by atoms with van der Waals surface area (Å²) >= 11 is 0. The number of fused-ring (bicyclic) bond motifs is 4. The van der Waals surface area contributed by atoms with Crippen LogP contribution in [0.1, 0.15) is 50.2 Å². The van der Waals surface area contributed by atoms with E-state index in [1.165, 1.54) is 12.0 Å². The van der Waals surface area contributed by atoms with Crippen LogP contribution in [0.15, 0.2) is 24.3 Å². The largest absolute Gasteiger partial charge is 0.383 e. The summed E-state index contributed by atoms with van der Waals surface area (Å²) < 4.78 is 0. The predicted molar refractivity (Wildman–Crippen MR) is 69.0 cm³/mol. The molecule has 17 heavy (non-hydrogen) atoms. The molecule has 0 amide bonds. The van der Waals surface area contributed by atoms with Crippen LogP contribution in [0, 0.1) is 0 Å². The van der Waals surface area contributed by atoms with Crippen LogP contribution in [0.5, 0.6) is 0 Å². The number of nitrogens with one attached hydrogen (secondary N) is 1. The molecule has 0 bridgehead atoms. The van der Waals surface area contributed by atoms with Gasteiger partial charge in [0, 0.05) is 18.0 Å². The van der Waals surface area contributed by atoms with Crippen molar-refractivity contribution < 1.29 is 5.11 Å². The summed E-state index contributed by atoms with van der Waals surface area (Å²) in [6.45, 7) is 4.30. The number of aliphatic hydroxyl groups is 1. The molecule has 1 aromatic carbocycles. The van der Waals surface area contributed by atoms with E-state index in [4.69, 9.17) is 0 Å². The van der Waals surface area contributed by atoms with Gasteiger partial charge in [-0.25, -0.2) is 0 Å². The van der Waals surface area contributed by atoms with Crippen LogP contribution in [0.4, 0.5) is 0 Å². The smallest absolute Gasteiger partial charge is 0.112 e. The molecule has 3 rings (SSSR count). The lowest BCUT2D eigenvalue weighted by Crippen LogP contribution is -2.60. The lowest BCUT2D eigenvalue weighted by molar-refractivity contribution is -0.0791. The van der Waals surface area contributed by atoms with E-state index >= 15 is 0 Å². The van der Waals surface area contributed by atoms with Crippen LogP contribution in [0.3, 0.4) is 0 Å². The summed E-state index contributed by atoms with van der Waals surface area (Å²) in [6.07, 6.45) is 3.43. The minimum absolute atomic E-state index is 0.219. The Morgan fingerprint density at radius 2 is 2.06 bits per heavy atom. The normalized spacial score (nSPS) is 35.1. The van der Waals surface area contributed by atoms with Gasteiger partial charge in [-0.2, -0.15) is 0 Å². The molecular weight excluding hydrogens is 210 g/mol. The lowest BCUT2D eigenvalue weighted by atomic mass is 9.56. The second-order valence-corrected chi connectivity index (χ2v) is 5.77. The molecule has 0 radical (unpaired) electrons. The SMILES string of the molecule is CC(C)N[C@@H]1CCC[C@H]2c3ccccc3[C@]12O. The van der Waals surface area contributed by atoms with Crippen LogP contribution in [0.2, 0.25) is 0 Å².